The van der Waals surface area contributed by atoms with E-state index in [2.05, 4.69) is 52.0 Å². The Morgan fingerprint density at radius 3 is 2.15 bits per heavy atom. The smallest absolute Gasteiger partial charge is 0.257 e. The van der Waals surface area contributed by atoms with Gasteiger partial charge in [0.2, 0.25) is 0 Å². The molecule has 0 bridgehead atoms. The van der Waals surface area contributed by atoms with Gasteiger partial charge in [0.25, 0.3) is 5.91 Å². The zero-order valence-corrected chi connectivity index (χ0v) is 16.5. The molecule has 0 radical (unpaired) electrons. The number of nitrogens with zero attached hydrogens (tertiary/aromatic N) is 1. The molecule has 0 saturated carbocycles. The van der Waals surface area contributed by atoms with E-state index in [0.29, 0.717) is 23.8 Å². The minimum Gasteiger partial charge on any atom is -0.488 e. The van der Waals surface area contributed by atoms with Gasteiger partial charge in [0.05, 0.1) is 5.56 Å². The normalized spacial score (nSPS) is 10.8. The molecule has 2 aromatic carbocycles. The lowest BCUT2D eigenvalue weighted by atomic mass is 10.0. The van der Waals surface area contributed by atoms with E-state index in [9.17, 15) is 4.79 Å². The van der Waals surface area contributed by atoms with E-state index in [1.807, 2.05) is 29.2 Å². The molecule has 1 amide bonds. The van der Waals surface area contributed by atoms with Crippen LogP contribution >= 0.6 is 0 Å². The number of carbonyl (C=O) groups excluding carboxylic acids is 1. The van der Waals surface area contributed by atoms with E-state index >= 15 is 0 Å². The van der Waals surface area contributed by atoms with Crippen LogP contribution in [0.2, 0.25) is 0 Å². The van der Waals surface area contributed by atoms with E-state index in [1.54, 1.807) is 0 Å². The first kappa shape index (κ1) is 20.0. The summed E-state index contributed by atoms with van der Waals surface area (Å²) in [5.41, 5.74) is 3.07. The number of rotatable bonds is 9. The number of ether oxygens (including phenoxy) is 1. The highest BCUT2D eigenvalue weighted by Crippen LogP contribution is 2.22. The van der Waals surface area contributed by atoms with Crippen LogP contribution in [0.5, 0.6) is 5.75 Å². The van der Waals surface area contributed by atoms with E-state index in [4.69, 9.17) is 4.74 Å². The van der Waals surface area contributed by atoms with E-state index in [0.717, 1.165) is 31.5 Å². The monoisotopic (exact) mass is 353 g/mol. The summed E-state index contributed by atoms with van der Waals surface area (Å²) < 4.78 is 6.00. The first-order valence-electron chi connectivity index (χ1n) is 9.66. The number of para-hydroxylation sites is 1. The molecule has 26 heavy (non-hydrogen) atoms. The van der Waals surface area contributed by atoms with Gasteiger partial charge in [0.15, 0.2) is 0 Å². The third kappa shape index (κ3) is 5.35. The fourth-order valence-electron chi connectivity index (χ4n) is 2.95. The number of hydrogen-bond donors (Lipinski definition) is 0. The number of benzene rings is 2. The Morgan fingerprint density at radius 1 is 0.962 bits per heavy atom. The van der Waals surface area contributed by atoms with Crippen molar-refractivity contribution in [2.45, 2.75) is 53.1 Å². The van der Waals surface area contributed by atoms with Crippen LogP contribution in [-0.2, 0) is 6.61 Å². The molecule has 0 saturated heterocycles. The van der Waals surface area contributed by atoms with Crippen LogP contribution in [0, 0.1) is 0 Å². The van der Waals surface area contributed by atoms with Crippen LogP contribution in [0.1, 0.15) is 67.9 Å². The van der Waals surface area contributed by atoms with Gasteiger partial charge in [-0.3, -0.25) is 4.79 Å². The average Bonchev–Trinajstić information content (AvgIpc) is 2.66. The van der Waals surface area contributed by atoms with Crippen molar-refractivity contribution >= 4 is 5.91 Å². The third-order valence-electron chi connectivity index (χ3n) is 4.43. The van der Waals surface area contributed by atoms with Crippen molar-refractivity contribution in [2.24, 2.45) is 0 Å². The summed E-state index contributed by atoms with van der Waals surface area (Å²) in [5, 5.41) is 0. The molecule has 3 heteroatoms. The molecule has 3 nitrogen and oxygen atoms in total. The van der Waals surface area contributed by atoms with E-state index in [1.165, 1.54) is 5.56 Å². The summed E-state index contributed by atoms with van der Waals surface area (Å²) in [6, 6.07) is 16.0. The predicted molar refractivity (Wildman–Crippen MR) is 108 cm³/mol. The van der Waals surface area contributed by atoms with Crippen molar-refractivity contribution < 1.29 is 9.53 Å². The number of hydrogen-bond acceptors (Lipinski definition) is 2. The van der Waals surface area contributed by atoms with Gasteiger partial charge in [-0.25, -0.2) is 0 Å². The van der Waals surface area contributed by atoms with Gasteiger partial charge < -0.3 is 9.64 Å². The second-order valence-corrected chi connectivity index (χ2v) is 6.97. The van der Waals surface area contributed by atoms with Crippen LogP contribution in [0.4, 0.5) is 0 Å². The Hall–Kier alpha value is -2.29. The molecular formula is C23H31NO2. The molecule has 0 heterocycles. The van der Waals surface area contributed by atoms with Crippen molar-refractivity contribution in [3.05, 3.63) is 65.2 Å². The highest BCUT2D eigenvalue weighted by Gasteiger charge is 2.18. The Labute approximate surface area is 158 Å². The Balaban J connectivity index is 2.11. The summed E-state index contributed by atoms with van der Waals surface area (Å²) in [4.78, 5) is 14.8. The Bertz CT molecular complexity index is 686. The first-order chi connectivity index (χ1) is 12.6. The van der Waals surface area contributed by atoms with E-state index in [-0.39, 0.29) is 5.91 Å². The molecular weight excluding hydrogens is 322 g/mol. The molecule has 2 aromatic rings. The molecule has 0 N–H and O–H groups in total. The molecule has 2 rings (SSSR count). The molecule has 0 aliphatic carbocycles. The minimum absolute atomic E-state index is 0.0551. The van der Waals surface area contributed by atoms with Gasteiger partial charge in [-0.15, -0.1) is 0 Å². The molecule has 0 fully saturated rings. The van der Waals surface area contributed by atoms with Crippen molar-refractivity contribution in [1.29, 1.82) is 0 Å². The summed E-state index contributed by atoms with van der Waals surface area (Å²) in [5.74, 6) is 1.23. The highest BCUT2D eigenvalue weighted by atomic mass is 16.5. The van der Waals surface area contributed by atoms with Crippen molar-refractivity contribution in [1.82, 2.24) is 4.90 Å². The standard InChI is InChI=1S/C23H31NO2/c1-5-15-24(16-6-2)23(25)21-9-7-8-10-22(21)26-17-19-11-13-20(14-12-19)18(3)4/h7-14,18H,5-6,15-17H2,1-4H3. The summed E-state index contributed by atoms with van der Waals surface area (Å²) >= 11 is 0. The minimum atomic E-state index is 0.0551. The lowest BCUT2D eigenvalue weighted by molar-refractivity contribution is 0.0750. The summed E-state index contributed by atoms with van der Waals surface area (Å²) in [6.45, 7) is 10.6. The predicted octanol–water partition coefficient (Wildman–Crippen LogP) is 5.65. The van der Waals surface area contributed by atoms with E-state index < -0.39 is 0 Å². The zero-order chi connectivity index (χ0) is 18.9. The fourth-order valence-corrected chi connectivity index (χ4v) is 2.95. The summed E-state index contributed by atoms with van der Waals surface area (Å²) in [6.07, 6.45) is 1.91. The third-order valence-corrected chi connectivity index (χ3v) is 4.43. The first-order valence-corrected chi connectivity index (χ1v) is 9.66. The molecule has 0 spiro atoms. The number of carbonyl (C=O) groups is 1. The van der Waals surface area contributed by atoms with Crippen LogP contribution in [0.3, 0.4) is 0 Å². The topological polar surface area (TPSA) is 29.5 Å². The van der Waals surface area contributed by atoms with Crippen molar-refractivity contribution in [2.75, 3.05) is 13.1 Å². The zero-order valence-electron chi connectivity index (χ0n) is 16.5. The van der Waals surface area contributed by atoms with Crippen LogP contribution in [0.15, 0.2) is 48.5 Å². The molecule has 0 aliphatic heterocycles. The van der Waals surface area contributed by atoms with Gasteiger partial charge in [-0.05, 0) is 42.0 Å². The summed E-state index contributed by atoms with van der Waals surface area (Å²) in [7, 11) is 0. The van der Waals surface area contributed by atoms with Gasteiger partial charge >= 0.3 is 0 Å². The van der Waals surface area contributed by atoms with Gasteiger partial charge in [-0.2, -0.15) is 0 Å². The highest BCUT2D eigenvalue weighted by molar-refractivity contribution is 5.96. The quantitative estimate of drug-likeness (QED) is 0.583. The van der Waals surface area contributed by atoms with Gasteiger partial charge in [-0.1, -0.05) is 64.1 Å². The lowest BCUT2D eigenvalue weighted by Gasteiger charge is -2.22. The Morgan fingerprint density at radius 2 is 1.58 bits per heavy atom. The lowest BCUT2D eigenvalue weighted by Crippen LogP contribution is -2.32. The van der Waals surface area contributed by atoms with Crippen LogP contribution in [-0.4, -0.2) is 23.9 Å². The van der Waals surface area contributed by atoms with Crippen molar-refractivity contribution in [3.8, 4) is 5.75 Å². The largest absolute Gasteiger partial charge is 0.488 e. The molecule has 140 valence electrons. The Kier molecular flexibility index (Phi) is 7.71. The average molecular weight is 354 g/mol. The second kappa shape index (κ2) is 10.0. The second-order valence-electron chi connectivity index (χ2n) is 6.97. The van der Waals surface area contributed by atoms with Crippen molar-refractivity contribution in [3.63, 3.8) is 0 Å². The van der Waals surface area contributed by atoms with Crippen LogP contribution < -0.4 is 4.74 Å². The van der Waals surface area contributed by atoms with Gasteiger partial charge in [0.1, 0.15) is 12.4 Å². The maximum absolute atomic E-state index is 12.9. The molecule has 0 atom stereocenters. The molecule has 0 aromatic heterocycles. The maximum atomic E-state index is 12.9. The SMILES string of the molecule is CCCN(CCC)C(=O)c1ccccc1OCc1ccc(C(C)C)cc1. The molecule has 0 aliphatic rings. The maximum Gasteiger partial charge on any atom is 0.257 e. The van der Waals surface area contributed by atoms with Gasteiger partial charge in [0, 0.05) is 13.1 Å². The molecule has 0 unspecified atom stereocenters. The fraction of sp³-hybridized carbons (Fsp3) is 0.435. The van der Waals surface area contributed by atoms with Crippen LogP contribution in [0.25, 0.3) is 0 Å². The number of amides is 1.